The van der Waals surface area contributed by atoms with Gasteiger partial charge in [-0.2, -0.15) is 4.98 Å². The Balaban J connectivity index is 1.81. The molecule has 0 spiro atoms. The molecule has 2 heterocycles. The largest absolute Gasteiger partial charge is 0.424 e. The number of thiazole rings is 1. The first-order chi connectivity index (χ1) is 8.31. The summed E-state index contributed by atoms with van der Waals surface area (Å²) in [5, 5.41) is 3.11. The summed E-state index contributed by atoms with van der Waals surface area (Å²) in [4.78, 5) is 9.43. The van der Waals surface area contributed by atoms with Crippen molar-refractivity contribution in [2.45, 2.75) is 6.54 Å². The Bertz CT molecular complexity index is 632. The molecule has 0 aliphatic rings. The highest BCUT2D eigenvalue weighted by Gasteiger charge is 2.05. The zero-order valence-electron chi connectivity index (χ0n) is 8.88. The van der Waals surface area contributed by atoms with Crippen molar-refractivity contribution < 1.29 is 4.42 Å². The van der Waals surface area contributed by atoms with Crippen molar-refractivity contribution >= 4 is 34.1 Å². The number of benzene rings is 1. The van der Waals surface area contributed by atoms with Crippen molar-refractivity contribution in [2.75, 3.05) is 11.1 Å². The highest BCUT2D eigenvalue weighted by atomic mass is 32.1. The SMILES string of the molecule is Nc1ccc2oc(NCc3cncs3)nc2c1. The third-order valence-corrected chi connectivity index (χ3v) is 3.09. The summed E-state index contributed by atoms with van der Waals surface area (Å²) in [6, 6.07) is 5.89. The fraction of sp³-hybridized carbons (Fsp3) is 0.0909. The lowest BCUT2D eigenvalue weighted by molar-refractivity contribution is 0.615. The molecule has 0 aliphatic heterocycles. The quantitative estimate of drug-likeness (QED) is 0.694. The number of hydrogen-bond donors (Lipinski definition) is 2. The average Bonchev–Trinajstić information content (AvgIpc) is 2.94. The highest BCUT2D eigenvalue weighted by Crippen LogP contribution is 2.21. The molecule has 0 aliphatic carbocycles. The Kier molecular flexibility index (Phi) is 2.41. The smallest absolute Gasteiger partial charge is 0.295 e. The molecule has 5 nitrogen and oxygen atoms in total. The van der Waals surface area contributed by atoms with E-state index in [1.807, 2.05) is 12.3 Å². The summed E-state index contributed by atoms with van der Waals surface area (Å²) in [5.41, 5.74) is 9.64. The maximum absolute atomic E-state index is 5.68. The van der Waals surface area contributed by atoms with Gasteiger partial charge < -0.3 is 15.5 Å². The fourth-order valence-corrected chi connectivity index (χ4v) is 2.05. The summed E-state index contributed by atoms with van der Waals surface area (Å²) < 4.78 is 5.53. The van der Waals surface area contributed by atoms with Gasteiger partial charge in [0.1, 0.15) is 5.52 Å². The van der Waals surface area contributed by atoms with Crippen molar-refractivity contribution in [1.82, 2.24) is 9.97 Å². The van der Waals surface area contributed by atoms with Crippen molar-refractivity contribution in [1.29, 1.82) is 0 Å². The van der Waals surface area contributed by atoms with E-state index < -0.39 is 0 Å². The van der Waals surface area contributed by atoms with Gasteiger partial charge in [0, 0.05) is 16.8 Å². The second kappa shape index (κ2) is 4.06. The third kappa shape index (κ3) is 2.07. The predicted molar refractivity (Wildman–Crippen MR) is 67.9 cm³/mol. The minimum Gasteiger partial charge on any atom is -0.424 e. The summed E-state index contributed by atoms with van der Waals surface area (Å²) >= 11 is 1.59. The molecule has 0 amide bonds. The molecule has 1 aromatic carbocycles. The van der Waals surface area contributed by atoms with Crippen molar-refractivity contribution in [3.05, 3.63) is 34.8 Å². The summed E-state index contributed by atoms with van der Waals surface area (Å²) in [5.74, 6) is 0. The van der Waals surface area contributed by atoms with Crippen LogP contribution in [0.15, 0.2) is 34.3 Å². The number of fused-ring (bicyclic) bond motifs is 1. The van der Waals surface area contributed by atoms with E-state index in [1.54, 1.807) is 29.0 Å². The molecule has 0 fully saturated rings. The number of aromatic nitrogens is 2. The molecule has 0 bridgehead atoms. The Morgan fingerprint density at radius 2 is 2.35 bits per heavy atom. The predicted octanol–water partition coefficient (Wildman–Crippen LogP) is 2.48. The Morgan fingerprint density at radius 1 is 1.41 bits per heavy atom. The summed E-state index contributed by atoms with van der Waals surface area (Å²) in [6.07, 6.45) is 1.82. The van der Waals surface area contributed by atoms with Crippen LogP contribution in [-0.2, 0) is 6.54 Å². The molecule has 2 aromatic heterocycles. The molecule has 0 unspecified atom stereocenters. The number of nitrogens with zero attached hydrogens (tertiary/aromatic N) is 2. The van der Waals surface area contributed by atoms with Gasteiger partial charge in [0.25, 0.3) is 6.01 Å². The number of rotatable bonds is 3. The number of nitrogens with one attached hydrogen (secondary N) is 1. The first-order valence-corrected chi connectivity index (χ1v) is 5.96. The number of oxazole rings is 1. The first-order valence-electron chi connectivity index (χ1n) is 5.08. The minimum atomic E-state index is 0.499. The van der Waals surface area contributed by atoms with Crippen LogP contribution < -0.4 is 11.1 Å². The molecule has 6 heteroatoms. The van der Waals surface area contributed by atoms with Crippen LogP contribution in [0, 0.1) is 0 Å². The molecule has 3 N–H and O–H groups in total. The van der Waals surface area contributed by atoms with Crippen LogP contribution in [0.2, 0.25) is 0 Å². The fourth-order valence-electron chi connectivity index (χ4n) is 1.51. The average molecular weight is 246 g/mol. The molecule has 0 saturated heterocycles. The third-order valence-electron chi connectivity index (χ3n) is 2.31. The Labute approximate surface area is 101 Å². The van der Waals surface area contributed by atoms with Crippen LogP contribution >= 0.6 is 11.3 Å². The lowest BCUT2D eigenvalue weighted by atomic mass is 10.3. The molecule has 3 aromatic rings. The molecular weight excluding hydrogens is 236 g/mol. The second-order valence-corrected chi connectivity index (χ2v) is 4.54. The minimum absolute atomic E-state index is 0.499. The van der Waals surface area contributed by atoms with Gasteiger partial charge in [0.15, 0.2) is 5.58 Å². The van der Waals surface area contributed by atoms with Gasteiger partial charge >= 0.3 is 0 Å². The lowest BCUT2D eigenvalue weighted by Crippen LogP contribution is -1.96. The van der Waals surface area contributed by atoms with Crippen molar-refractivity contribution in [3.63, 3.8) is 0 Å². The van der Waals surface area contributed by atoms with E-state index in [-0.39, 0.29) is 0 Å². The number of nitrogen functional groups attached to an aromatic ring is 1. The first kappa shape index (κ1) is 10.1. The Morgan fingerprint density at radius 3 is 3.18 bits per heavy atom. The molecule has 17 heavy (non-hydrogen) atoms. The molecule has 86 valence electrons. The van der Waals surface area contributed by atoms with Gasteiger partial charge in [-0.15, -0.1) is 11.3 Å². The van der Waals surface area contributed by atoms with E-state index in [0.717, 1.165) is 16.0 Å². The van der Waals surface area contributed by atoms with E-state index in [4.69, 9.17) is 10.2 Å². The van der Waals surface area contributed by atoms with Crippen LogP contribution in [0.4, 0.5) is 11.7 Å². The summed E-state index contributed by atoms with van der Waals surface area (Å²) in [6.45, 7) is 0.660. The zero-order valence-corrected chi connectivity index (χ0v) is 9.70. The van der Waals surface area contributed by atoms with Crippen LogP contribution in [-0.4, -0.2) is 9.97 Å². The zero-order chi connectivity index (χ0) is 11.7. The van der Waals surface area contributed by atoms with E-state index in [0.29, 0.717) is 18.2 Å². The maximum atomic E-state index is 5.68. The molecule has 0 atom stereocenters. The standard InChI is InChI=1S/C11H10N4OS/c12-7-1-2-10-9(3-7)15-11(16-10)14-5-8-4-13-6-17-8/h1-4,6H,5,12H2,(H,14,15). The van der Waals surface area contributed by atoms with Gasteiger partial charge in [-0.3, -0.25) is 4.98 Å². The monoisotopic (exact) mass is 246 g/mol. The topological polar surface area (TPSA) is 77.0 Å². The Hall–Kier alpha value is -2.08. The highest BCUT2D eigenvalue weighted by molar-refractivity contribution is 7.09. The van der Waals surface area contributed by atoms with Gasteiger partial charge in [-0.1, -0.05) is 0 Å². The van der Waals surface area contributed by atoms with Crippen LogP contribution in [0.3, 0.4) is 0 Å². The van der Waals surface area contributed by atoms with E-state index in [2.05, 4.69) is 15.3 Å². The number of nitrogens with two attached hydrogens (primary N) is 1. The molecule has 3 rings (SSSR count). The lowest BCUT2D eigenvalue weighted by Gasteiger charge is -1.96. The van der Waals surface area contributed by atoms with Gasteiger partial charge in [0.05, 0.1) is 12.1 Å². The number of anilines is 2. The second-order valence-electron chi connectivity index (χ2n) is 3.57. The van der Waals surface area contributed by atoms with E-state index >= 15 is 0 Å². The van der Waals surface area contributed by atoms with Crippen molar-refractivity contribution in [3.8, 4) is 0 Å². The normalized spacial score (nSPS) is 10.8. The van der Waals surface area contributed by atoms with Crippen LogP contribution in [0.5, 0.6) is 0 Å². The summed E-state index contributed by atoms with van der Waals surface area (Å²) in [7, 11) is 0. The van der Waals surface area contributed by atoms with Gasteiger partial charge in [0.2, 0.25) is 0 Å². The van der Waals surface area contributed by atoms with E-state index in [9.17, 15) is 0 Å². The van der Waals surface area contributed by atoms with Crippen LogP contribution in [0.25, 0.3) is 11.1 Å². The van der Waals surface area contributed by atoms with Gasteiger partial charge in [-0.05, 0) is 18.2 Å². The molecule has 0 saturated carbocycles. The molecular formula is C11H10N4OS. The van der Waals surface area contributed by atoms with Crippen LogP contribution in [0.1, 0.15) is 4.88 Å². The maximum Gasteiger partial charge on any atom is 0.295 e. The van der Waals surface area contributed by atoms with Crippen molar-refractivity contribution in [2.24, 2.45) is 0 Å². The molecule has 0 radical (unpaired) electrons. The van der Waals surface area contributed by atoms with E-state index in [1.165, 1.54) is 0 Å². The number of hydrogen-bond acceptors (Lipinski definition) is 6. The van der Waals surface area contributed by atoms with Gasteiger partial charge in [-0.25, -0.2) is 0 Å².